The number of carbonyl (C=O) groups excluding carboxylic acids is 1. The third kappa shape index (κ3) is 3.18. The number of amides is 1. The maximum atomic E-state index is 12.4. The number of rotatable bonds is 4. The van der Waals surface area contributed by atoms with E-state index in [0.717, 1.165) is 23.4 Å². The molecule has 0 bridgehead atoms. The van der Waals surface area contributed by atoms with Gasteiger partial charge in [-0.25, -0.2) is 0 Å². The Hall–Kier alpha value is -2.29. The van der Waals surface area contributed by atoms with Gasteiger partial charge in [0.25, 0.3) is 5.91 Å². The number of nitrogens with one attached hydrogen (secondary N) is 2. The van der Waals surface area contributed by atoms with E-state index in [-0.39, 0.29) is 5.91 Å². The zero-order valence-corrected chi connectivity index (χ0v) is 12.2. The second kappa shape index (κ2) is 6.24. The Labute approximate surface area is 120 Å². The smallest absolute Gasteiger partial charge is 0.257 e. The molecule has 0 aliphatic heterocycles. The summed E-state index contributed by atoms with van der Waals surface area (Å²) in [5.41, 5.74) is 4.60. The first kappa shape index (κ1) is 14.1. The van der Waals surface area contributed by atoms with Crippen LogP contribution in [0.5, 0.6) is 0 Å². The fraction of sp³-hybridized carbons (Fsp3) is 0.235. The van der Waals surface area contributed by atoms with Crippen molar-refractivity contribution in [1.29, 1.82) is 0 Å². The van der Waals surface area contributed by atoms with E-state index in [9.17, 15) is 4.79 Å². The zero-order valence-electron chi connectivity index (χ0n) is 12.2. The van der Waals surface area contributed by atoms with Crippen LogP contribution >= 0.6 is 0 Å². The molecular formula is C17H20N2O. The van der Waals surface area contributed by atoms with Crippen molar-refractivity contribution in [3.05, 3.63) is 59.2 Å². The van der Waals surface area contributed by atoms with Crippen LogP contribution in [0.2, 0.25) is 0 Å². The van der Waals surface area contributed by atoms with E-state index >= 15 is 0 Å². The van der Waals surface area contributed by atoms with E-state index in [0.29, 0.717) is 5.56 Å². The molecule has 0 aliphatic rings. The lowest BCUT2D eigenvalue weighted by atomic mass is 10.1. The quantitative estimate of drug-likeness (QED) is 0.884. The lowest BCUT2D eigenvalue weighted by Gasteiger charge is -2.11. The molecule has 3 heteroatoms. The van der Waals surface area contributed by atoms with Crippen LogP contribution in [0, 0.1) is 6.92 Å². The molecule has 0 aliphatic carbocycles. The number of hydrogen-bond acceptors (Lipinski definition) is 2. The molecule has 0 unspecified atom stereocenters. The van der Waals surface area contributed by atoms with Crippen LogP contribution in [0.25, 0.3) is 0 Å². The van der Waals surface area contributed by atoms with E-state index in [1.165, 1.54) is 5.56 Å². The molecular weight excluding hydrogens is 248 g/mol. The number of hydrogen-bond donors (Lipinski definition) is 2. The summed E-state index contributed by atoms with van der Waals surface area (Å²) >= 11 is 0. The standard InChI is InChI=1S/C17H20N2O/c1-4-13-6-5-7-14(11-13)19-17(20)15-10-12(2)8-9-16(15)18-3/h5-11,18H,4H2,1-3H3,(H,19,20). The minimum Gasteiger partial charge on any atom is -0.387 e. The van der Waals surface area contributed by atoms with Gasteiger partial charge in [0.05, 0.1) is 5.56 Å². The van der Waals surface area contributed by atoms with Crippen LogP contribution in [0.1, 0.15) is 28.4 Å². The lowest BCUT2D eigenvalue weighted by molar-refractivity contribution is 0.102. The molecule has 2 N–H and O–H groups in total. The fourth-order valence-corrected chi connectivity index (χ4v) is 2.13. The molecule has 3 nitrogen and oxygen atoms in total. The van der Waals surface area contributed by atoms with Crippen LogP contribution in [-0.4, -0.2) is 13.0 Å². The van der Waals surface area contributed by atoms with Gasteiger partial charge in [0.1, 0.15) is 0 Å². The summed E-state index contributed by atoms with van der Waals surface area (Å²) in [6.07, 6.45) is 0.954. The molecule has 0 heterocycles. The highest BCUT2D eigenvalue weighted by Crippen LogP contribution is 2.19. The van der Waals surface area contributed by atoms with Gasteiger partial charge in [0, 0.05) is 18.4 Å². The molecule has 2 aromatic rings. The topological polar surface area (TPSA) is 41.1 Å². The summed E-state index contributed by atoms with van der Waals surface area (Å²) in [7, 11) is 1.82. The monoisotopic (exact) mass is 268 g/mol. The predicted molar refractivity (Wildman–Crippen MR) is 84.5 cm³/mol. The molecule has 0 saturated carbocycles. The fourth-order valence-electron chi connectivity index (χ4n) is 2.13. The van der Waals surface area contributed by atoms with Gasteiger partial charge in [-0.15, -0.1) is 0 Å². The van der Waals surface area contributed by atoms with Crippen LogP contribution < -0.4 is 10.6 Å². The predicted octanol–water partition coefficient (Wildman–Crippen LogP) is 3.85. The van der Waals surface area contributed by atoms with Crippen molar-refractivity contribution in [3.63, 3.8) is 0 Å². The van der Waals surface area contributed by atoms with Gasteiger partial charge in [-0.2, -0.15) is 0 Å². The highest BCUT2D eigenvalue weighted by atomic mass is 16.1. The first-order chi connectivity index (χ1) is 9.63. The molecule has 2 rings (SSSR count). The SMILES string of the molecule is CCc1cccc(NC(=O)c2cc(C)ccc2NC)c1. The van der Waals surface area contributed by atoms with E-state index < -0.39 is 0 Å². The molecule has 20 heavy (non-hydrogen) atoms. The van der Waals surface area contributed by atoms with Crippen molar-refractivity contribution < 1.29 is 4.79 Å². The number of anilines is 2. The highest BCUT2D eigenvalue weighted by Gasteiger charge is 2.11. The number of carbonyl (C=O) groups is 1. The summed E-state index contributed by atoms with van der Waals surface area (Å²) in [6, 6.07) is 13.7. The van der Waals surface area contributed by atoms with Gasteiger partial charge in [0.15, 0.2) is 0 Å². The minimum absolute atomic E-state index is 0.0914. The van der Waals surface area contributed by atoms with E-state index in [1.54, 1.807) is 0 Å². The number of benzene rings is 2. The molecule has 104 valence electrons. The van der Waals surface area contributed by atoms with Crippen molar-refractivity contribution in [2.75, 3.05) is 17.7 Å². The highest BCUT2D eigenvalue weighted by molar-refractivity contribution is 6.08. The van der Waals surface area contributed by atoms with Gasteiger partial charge in [-0.3, -0.25) is 4.79 Å². The van der Waals surface area contributed by atoms with Crippen molar-refractivity contribution in [1.82, 2.24) is 0 Å². The Morgan fingerprint density at radius 2 is 1.95 bits per heavy atom. The molecule has 0 aromatic heterocycles. The first-order valence-corrected chi connectivity index (χ1v) is 6.82. The van der Waals surface area contributed by atoms with Crippen LogP contribution in [0.3, 0.4) is 0 Å². The van der Waals surface area contributed by atoms with Crippen molar-refractivity contribution in [2.45, 2.75) is 20.3 Å². The Kier molecular flexibility index (Phi) is 4.41. The third-order valence-corrected chi connectivity index (χ3v) is 3.28. The summed E-state index contributed by atoms with van der Waals surface area (Å²) in [6.45, 7) is 4.08. The van der Waals surface area contributed by atoms with Gasteiger partial charge < -0.3 is 10.6 Å². The maximum absolute atomic E-state index is 12.4. The average Bonchev–Trinajstić information content (AvgIpc) is 2.47. The normalized spacial score (nSPS) is 10.2. The summed E-state index contributed by atoms with van der Waals surface area (Å²) in [5.74, 6) is -0.0914. The van der Waals surface area contributed by atoms with Crippen molar-refractivity contribution in [3.8, 4) is 0 Å². The van der Waals surface area contributed by atoms with Crippen molar-refractivity contribution >= 4 is 17.3 Å². The lowest BCUT2D eigenvalue weighted by Crippen LogP contribution is -2.14. The maximum Gasteiger partial charge on any atom is 0.257 e. The van der Waals surface area contributed by atoms with Crippen LogP contribution in [0.15, 0.2) is 42.5 Å². The summed E-state index contributed by atoms with van der Waals surface area (Å²) < 4.78 is 0. The van der Waals surface area contributed by atoms with Crippen LogP contribution in [0.4, 0.5) is 11.4 Å². The van der Waals surface area contributed by atoms with Gasteiger partial charge in [-0.1, -0.05) is 30.7 Å². The molecule has 0 radical (unpaired) electrons. The first-order valence-electron chi connectivity index (χ1n) is 6.82. The Morgan fingerprint density at radius 3 is 2.65 bits per heavy atom. The number of aryl methyl sites for hydroxylation is 2. The van der Waals surface area contributed by atoms with Gasteiger partial charge >= 0.3 is 0 Å². The molecule has 1 amide bonds. The van der Waals surface area contributed by atoms with E-state index in [2.05, 4.69) is 23.6 Å². The van der Waals surface area contributed by atoms with Gasteiger partial charge in [-0.05, 0) is 43.2 Å². The Morgan fingerprint density at radius 1 is 1.15 bits per heavy atom. The molecule has 0 saturated heterocycles. The van der Waals surface area contributed by atoms with Crippen molar-refractivity contribution in [2.24, 2.45) is 0 Å². The van der Waals surface area contributed by atoms with E-state index in [1.807, 2.05) is 50.4 Å². The second-order valence-corrected chi connectivity index (χ2v) is 4.81. The Balaban J connectivity index is 2.25. The Bertz CT molecular complexity index is 620. The van der Waals surface area contributed by atoms with Crippen LogP contribution in [-0.2, 0) is 6.42 Å². The second-order valence-electron chi connectivity index (χ2n) is 4.81. The average molecular weight is 268 g/mol. The molecule has 0 fully saturated rings. The zero-order chi connectivity index (χ0) is 14.5. The largest absolute Gasteiger partial charge is 0.387 e. The molecule has 0 spiro atoms. The van der Waals surface area contributed by atoms with Gasteiger partial charge in [0.2, 0.25) is 0 Å². The molecule has 2 aromatic carbocycles. The van der Waals surface area contributed by atoms with E-state index in [4.69, 9.17) is 0 Å². The third-order valence-electron chi connectivity index (χ3n) is 3.28. The summed E-state index contributed by atoms with van der Waals surface area (Å²) in [4.78, 5) is 12.4. The molecule has 0 atom stereocenters. The minimum atomic E-state index is -0.0914. The summed E-state index contributed by atoms with van der Waals surface area (Å²) in [5, 5.41) is 6.01.